The lowest BCUT2D eigenvalue weighted by Gasteiger charge is -2.34. The summed E-state index contributed by atoms with van der Waals surface area (Å²) in [5.74, 6) is 6.21. The first-order valence-corrected chi connectivity index (χ1v) is 7.35. The van der Waals surface area contributed by atoms with E-state index in [0.29, 0.717) is 12.0 Å². The van der Waals surface area contributed by atoms with Crippen LogP contribution in [0, 0.1) is 0 Å². The van der Waals surface area contributed by atoms with E-state index in [1.165, 1.54) is 17.7 Å². The predicted molar refractivity (Wildman–Crippen MR) is 74.6 cm³/mol. The monoisotopic (exact) mass is 261 g/mol. The highest BCUT2D eigenvalue weighted by Crippen LogP contribution is 2.36. The normalized spacial score (nSPS) is 32.0. The van der Waals surface area contributed by atoms with Crippen LogP contribution in [0.5, 0.6) is 0 Å². The van der Waals surface area contributed by atoms with E-state index in [4.69, 9.17) is 10.6 Å². The fourth-order valence-corrected chi connectivity index (χ4v) is 3.58. The third-order valence-corrected chi connectivity index (χ3v) is 4.53. The highest BCUT2D eigenvalue weighted by molar-refractivity contribution is 5.27. The van der Waals surface area contributed by atoms with Crippen LogP contribution in [0.1, 0.15) is 49.8 Å². The van der Waals surface area contributed by atoms with E-state index in [2.05, 4.69) is 23.4 Å². The van der Waals surface area contributed by atoms with E-state index >= 15 is 0 Å². The van der Waals surface area contributed by atoms with Gasteiger partial charge in [-0.3, -0.25) is 16.3 Å². The molecule has 19 heavy (non-hydrogen) atoms. The number of aromatic nitrogens is 1. The number of hydrogen-bond donors (Lipinski definition) is 2. The van der Waals surface area contributed by atoms with Crippen molar-refractivity contribution in [2.75, 3.05) is 0 Å². The summed E-state index contributed by atoms with van der Waals surface area (Å²) in [6.07, 6.45) is 8.18. The molecule has 1 aliphatic heterocycles. The van der Waals surface area contributed by atoms with Crippen LogP contribution >= 0.6 is 0 Å². The number of hydrazine groups is 1. The molecule has 4 nitrogen and oxygen atoms in total. The summed E-state index contributed by atoms with van der Waals surface area (Å²) in [7, 11) is 0. The summed E-state index contributed by atoms with van der Waals surface area (Å²) in [6.45, 7) is 2.14. The molecule has 0 amide bonds. The second-order valence-electron chi connectivity index (χ2n) is 5.80. The maximum atomic E-state index is 6.01. The van der Waals surface area contributed by atoms with Crippen LogP contribution in [-0.2, 0) is 11.2 Å². The molecule has 0 spiro atoms. The van der Waals surface area contributed by atoms with Gasteiger partial charge in [0.2, 0.25) is 0 Å². The molecule has 4 atom stereocenters. The van der Waals surface area contributed by atoms with E-state index in [1.807, 2.05) is 12.3 Å². The number of fused-ring (bicyclic) bond motifs is 1. The first-order valence-electron chi connectivity index (χ1n) is 7.35. The van der Waals surface area contributed by atoms with Crippen LogP contribution in [0.2, 0.25) is 0 Å². The number of ether oxygens (including phenoxy) is 1. The van der Waals surface area contributed by atoms with Gasteiger partial charge in [0, 0.05) is 17.8 Å². The Bertz CT molecular complexity index is 437. The highest BCUT2D eigenvalue weighted by Gasteiger charge is 2.37. The maximum Gasteiger partial charge on any atom is 0.0752 e. The summed E-state index contributed by atoms with van der Waals surface area (Å²) in [4.78, 5) is 4.61. The quantitative estimate of drug-likeness (QED) is 0.644. The Morgan fingerprint density at radius 1 is 1.42 bits per heavy atom. The Kier molecular flexibility index (Phi) is 3.82. The van der Waals surface area contributed by atoms with Crippen LogP contribution in [0.15, 0.2) is 18.3 Å². The topological polar surface area (TPSA) is 60.2 Å². The molecule has 1 saturated heterocycles. The highest BCUT2D eigenvalue weighted by atomic mass is 16.5. The molecule has 0 radical (unpaired) electrons. The molecule has 1 aromatic rings. The number of nitrogens with zero attached hydrogens (tertiary/aromatic N) is 1. The molecular formula is C15H23N3O. The van der Waals surface area contributed by atoms with Gasteiger partial charge in [-0.05, 0) is 50.7 Å². The van der Waals surface area contributed by atoms with Crippen molar-refractivity contribution in [2.45, 2.75) is 63.2 Å². The minimum Gasteiger partial charge on any atom is -0.374 e. The third kappa shape index (κ3) is 2.53. The third-order valence-electron chi connectivity index (χ3n) is 4.53. The molecule has 0 aromatic carbocycles. The first kappa shape index (κ1) is 13.0. The fourth-order valence-electron chi connectivity index (χ4n) is 3.58. The molecule has 1 aromatic heterocycles. The van der Waals surface area contributed by atoms with Crippen LogP contribution in [0.25, 0.3) is 0 Å². The second-order valence-corrected chi connectivity index (χ2v) is 5.80. The molecule has 3 rings (SSSR count). The van der Waals surface area contributed by atoms with Gasteiger partial charge in [-0.2, -0.15) is 0 Å². The molecule has 4 heteroatoms. The number of pyridine rings is 1. The maximum absolute atomic E-state index is 6.01. The molecule has 0 bridgehead atoms. The van der Waals surface area contributed by atoms with Gasteiger partial charge >= 0.3 is 0 Å². The van der Waals surface area contributed by atoms with Crippen molar-refractivity contribution >= 4 is 0 Å². The largest absolute Gasteiger partial charge is 0.374 e. The Labute approximate surface area is 114 Å². The average molecular weight is 261 g/mol. The van der Waals surface area contributed by atoms with E-state index in [9.17, 15) is 0 Å². The Hall–Kier alpha value is -0.970. The Balaban J connectivity index is 1.84. The van der Waals surface area contributed by atoms with Gasteiger partial charge in [-0.25, -0.2) is 0 Å². The lowest BCUT2D eigenvalue weighted by molar-refractivity contribution is 0.0235. The van der Waals surface area contributed by atoms with Crippen molar-refractivity contribution in [1.82, 2.24) is 10.4 Å². The number of rotatable bonds is 3. The lowest BCUT2D eigenvalue weighted by atomic mass is 9.80. The van der Waals surface area contributed by atoms with Gasteiger partial charge in [-0.15, -0.1) is 0 Å². The van der Waals surface area contributed by atoms with Crippen molar-refractivity contribution in [3.05, 3.63) is 29.6 Å². The number of nitrogens with one attached hydrogen (secondary N) is 1. The number of hydrogen-bond acceptors (Lipinski definition) is 4. The fraction of sp³-hybridized carbons (Fsp3) is 0.667. The van der Waals surface area contributed by atoms with Crippen molar-refractivity contribution in [3.8, 4) is 0 Å². The molecule has 2 aliphatic rings. The van der Waals surface area contributed by atoms with Crippen LogP contribution < -0.4 is 11.3 Å². The van der Waals surface area contributed by atoms with Gasteiger partial charge in [0.15, 0.2) is 0 Å². The summed E-state index contributed by atoms with van der Waals surface area (Å²) in [5, 5.41) is 0. The van der Waals surface area contributed by atoms with E-state index in [-0.39, 0.29) is 12.1 Å². The molecule has 3 N–H and O–H groups in total. The summed E-state index contributed by atoms with van der Waals surface area (Å²) in [5.41, 5.74) is 5.61. The predicted octanol–water partition coefficient (Wildman–Crippen LogP) is 1.90. The van der Waals surface area contributed by atoms with Crippen LogP contribution in [0.4, 0.5) is 0 Å². The van der Waals surface area contributed by atoms with Crippen LogP contribution in [-0.4, -0.2) is 23.2 Å². The molecule has 1 fully saturated rings. The van der Waals surface area contributed by atoms with E-state index in [0.717, 1.165) is 25.7 Å². The lowest BCUT2D eigenvalue weighted by Crippen LogP contribution is -2.48. The van der Waals surface area contributed by atoms with Crippen molar-refractivity contribution in [3.63, 3.8) is 0 Å². The molecule has 2 heterocycles. The van der Waals surface area contributed by atoms with Gasteiger partial charge in [-0.1, -0.05) is 6.07 Å². The minimum atomic E-state index is 0.180. The first-order chi connectivity index (χ1) is 9.29. The Morgan fingerprint density at radius 3 is 3.05 bits per heavy atom. The minimum absolute atomic E-state index is 0.180. The average Bonchev–Trinajstić information content (AvgIpc) is 2.86. The molecule has 104 valence electrons. The second kappa shape index (κ2) is 5.57. The Morgan fingerprint density at radius 2 is 2.32 bits per heavy atom. The smallest absolute Gasteiger partial charge is 0.0752 e. The van der Waals surface area contributed by atoms with Crippen molar-refractivity contribution < 1.29 is 4.74 Å². The van der Waals surface area contributed by atoms with Crippen molar-refractivity contribution in [2.24, 2.45) is 5.84 Å². The molecular weight excluding hydrogens is 238 g/mol. The zero-order chi connectivity index (χ0) is 13.2. The van der Waals surface area contributed by atoms with Gasteiger partial charge in [0.1, 0.15) is 0 Å². The van der Waals surface area contributed by atoms with E-state index in [1.54, 1.807) is 0 Å². The molecule has 0 saturated carbocycles. The molecule has 1 aliphatic carbocycles. The van der Waals surface area contributed by atoms with Crippen LogP contribution in [0.3, 0.4) is 0 Å². The zero-order valence-corrected chi connectivity index (χ0v) is 11.5. The van der Waals surface area contributed by atoms with E-state index < -0.39 is 0 Å². The van der Waals surface area contributed by atoms with Gasteiger partial charge in [0.25, 0.3) is 0 Å². The molecule has 4 unspecified atom stereocenters. The number of nitrogens with two attached hydrogens (primary N) is 1. The van der Waals surface area contributed by atoms with Crippen molar-refractivity contribution in [1.29, 1.82) is 0 Å². The zero-order valence-electron chi connectivity index (χ0n) is 11.5. The summed E-state index contributed by atoms with van der Waals surface area (Å²) >= 11 is 0. The summed E-state index contributed by atoms with van der Waals surface area (Å²) < 4.78 is 6.01. The van der Waals surface area contributed by atoms with Gasteiger partial charge < -0.3 is 4.74 Å². The summed E-state index contributed by atoms with van der Waals surface area (Å²) in [6, 6.07) is 4.40. The van der Waals surface area contributed by atoms with Gasteiger partial charge in [0.05, 0.1) is 18.2 Å². The SMILES string of the molecule is CC1CCC(C(NN)C2CCCc3cccnc32)O1. The standard InChI is InChI=1S/C15H23N3O/c1-10-7-8-13(19-10)15(18-16)12-6-2-4-11-5-3-9-17-14(11)12/h3,5,9-10,12-13,15,18H,2,4,6-8,16H2,1H3. The number of aryl methyl sites for hydroxylation is 1.